The minimum Gasteiger partial charge on any atom is -0.495 e. The van der Waals surface area contributed by atoms with E-state index in [-0.39, 0.29) is 18.7 Å². The minimum absolute atomic E-state index is 0.235. The van der Waals surface area contributed by atoms with Crippen molar-refractivity contribution in [2.75, 3.05) is 40.2 Å². The Bertz CT molecular complexity index is 1540. The van der Waals surface area contributed by atoms with E-state index in [9.17, 15) is 9.90 Å². The molecule has 0 atom stereocenters. The summed E-state index contributed by atoms with van der Waals surface area (Å²) in [7, 11) is 1.56. The highest BCUT2D eigenvalue weighted by Crippen LogP contribution is 2.39. The Kier molecular flexibility index (Phi) is 7.29. The van der Waals surface area contributed by atoms with Gasteiger partial charge in [-0.05, 0) is 55.7 Å². The van der Waals surface area contributed by atoms with Gasteiger partial charge in [-0.2, -0.15) is 4.98 Å². The maximum Gasteiger partial charge on any atom is 0.336 e. The SMILES string of the molecule is COc1ccc(N2C(=O)N(c3c(C)cccc3Cl)Cc3cnc(Nc4ccc(N5CCC(O)CC5)cn4)nc32)nc1. The number of fused-ring (bicyclic) bond motifs is 1. The number of hydrogen-bond donors (Lipinski definition) is 2. The van der Waals surface area contributed by atoms with Gasteiger partial charge in [-0.25, -0.2) is 24.6 Å². The van der Waals surface area contributed by atoms with Crippen molar-refractivity contribution in [2.24, 2.45) is 0 Å². The zero-order valence-corrected chi connectivity index (χ0v) is 23.4. The number of piperidine rings is 1. The van der Waals surface area contributed by atoms with Crippen LogP contribution in [0.5, 0.6) is 5.75 Å². The Hall–Kier alpha value is -4.48. The summed E-state index contributed by atoms with van der Waals surface area (Å²) in [5.41, 5.74) is 3.21. The average Bonchev–Trinajstić information content (AvgIpc) is 2.98. The van der Waals surface area contributed by atoms with Crippen molar-refractivity contribution in [3.05, 3.63) is 77.2 Å². The predicted molar refractivity (Wildman–Crippen MR) is 158 cm³/mol. The van der Waals surface area contributed by atoms with Crippen LogP contribution < -0.4 is 24.8 Å². The van der Waals surface area contributed by atoms with E-state index in [1.165, 1.54) is 4.90 Å². The number of halogens is 1. The molecule has 0 unspecified atom stereocenters. The zero-order chi connectivity index (χ0) is 28.5. The monoisotopic (exact) mass is 572 g/mol. The maximum absolute atomic E-state index is 14.0. The highest BCUT2D eigenvalue weighted by Gasteiger charge is 2.36. The Morgan fingerprint density at radius 2 is 1.85 bits per heavy atom. The Balaban J connectivity index is 1.32. The number of aryl methyl sites for hydroxylation is 1. The number of benzene rings is 1. The predicted octanol–water partition coefficient (Wildman–Crippen LogP) is 5.22. The second kappa shape index (κ2) is 11.2. The Labute approximate surface area is 242 Å². The maximum atomic E-state index is 14.0. The lowest BCUT2D eigenvalue weighted by Gasteiger charge is -2.36. The number of anilines is 6. The van der Waals surface area contributed by atoms with Gasteiger partial charge in [0.1, 0.15) is 17.4 Å². The molecule has 2 aliphatic rings. The Morgan fingerprint density at radius 1 is 1.02 bits per heavy atom. The molecule has 1 fully saturated rings. The molecule has 1 aromatic carbocycles. The van der Waals surface area contributed by atoms with Crippen LogP contribution in [-0.4, -0.2) is 57.4 Å². The van der Waals surface area contributed by atoms with Crippen LogP contribution in [0.25, 0.3) is 0 Å². The quantitative estimate of drug-likeness (QED) is 0.320. The molecular formula is C29H29ClN8O3. The van der Waals surface area contributed by atoms with Crippen molar-refractivity contribution in [1.29, 1.82) is 0 Å². The summed E-state index contributed by atoms with van der Waals surface area (Å²) in [6.45, 7) is 3.73. The van der Waals surface area contributed by atoms with Gasteiger partial charge in [0.15, 0.2) is 5.82 Å². The molecule has 0 aliphatic carbocycles. The van der Waals surface area contributed by atoms with Crippen molar-refractivity contribution in [3.63, 3.8) is 0 Å². The van der Waals surface area contributed by atoms with Crippen LogP contribution in [0.4, 0.5) is 39.6 Å². The number of amides is 2. The molecule has 11 nitrogen and oxygen atoms in total. The second-order valence-electron chi connectivity index (χ2n) is 9.95. The summed E-state index contributed by atoms with van der Waals surface area (Å²) in [4.78, 5) is 37.6. The normalized spacial score (nSPS) is 15.6. The molecular weight excluding hydrogens is 544 g/mol. The first-order chi connectivity index (χ1) is 19.9. The lowest BCUT2D eigenvalue weighted by molar-refractivity contribution is 0.145. The minimum atomic E-state index is -0.342. The summed E-state index contributed by atoms with van der Waals surface area (Å²) in [5.74, 6) is 2.21. The molecule has 2 amide bonds. The van der Waals surface area contributed by atoms with Crippen LogP contribution in [0, 0.1) is 6.92 Å². The number of rotatable bonds is 6. The highest BCUT2D eigenvalue weighted by atomic mass is 35.5. The zero-order valence-electron chi connectivity index (χ0n) is 22.7. The number of pyridine rings is 2. The summed E-state index contributed by atoms with van der Waals surface area (Å²) in [6.07, 6.45) is 6.29. The van der Waals surface area contributed by atoms with Crippen molar-refractivity contribution < 1.29 is 14.6 Å². The molecule has 2 N–H and O–H groups in total. The van der Waals surface area contributed by atoms with E-state index in [0.29, 0.717) is 39.9 Å². The molecule has 1 saturated heterocycles. The number of carbonyl (C=O) groups is 1. The molecule has 210 valence electrons. The topological polar surface area (TPSA) is 120 Å². The molecule has 2 aliphatic heterocycles. The lowest BCUT2D eigenvalue weighted by Crippen LogP contribution is -2.46. The molecule has 5 heterocycles. The average molecular weight is 573 g/mol. The third-order valence-corrected chi connectivity index (χ3v) is 7.57. The summed E-state index contributed by atoms with van der Waals surface area (Å²) >= 11 is 6.56. The molecule has 0 radical (unpaired) electrons. The molecule has 0 saturated carbocycles. The van der Waals surface area contributed by atoms with Crippen molar-refractivity contribution in [2.45, 2.75) is 32.4 Å². The van der Waals surface area contributed by atoms with Gasteiger partial charge in [0.05, 0.1) is 48.5 Å². The van der Waals surface area contributed by atoms with Crippen LogP contribution in [0.2, 0.25) is 5.02 Å². The molecule has 0 spiro atoms. The number of ether oxygens (including phenoxy) is 1. The van der Waals surface area contributed by atoms with E-state index in [0.717, 1.165) is 42.7 Å². The van der Waals surface area contributed by atoms with Gasteiger partial charge in [0.2, 0.25) is 5.95 Å². The number of aliphatic hydroxyl groups excluding tert-OH is 1. The van der Waals surface area contributed by atoms with Crippen LogP contribution in [0.1, 0.15) is 24.0 Å². The van der Waals surface area contributed by atoms with Crippen LogP contribution in [-0.2, 0) is 6.54 Å². The van der Waals surface area contributed by atoms with Crippen LogP contribution in [0.3, 0.4) is 0 Å². The summed E-state index contributed by atoms with van der Waals surface area (Å²) < 4.78 is 5.26. The Morgan fingerprint density at radius 3 is 2.54 bits per heavy atom. The van der Waals surface area contributed by atoms with Crippen LogP contribution >= 0.6 is 11.6 Å². The van der Waals surface area contributed by atoms with Crippen molar-refractivity contribution in [1.82, 2.24) is 19.9 Å². The van der Waals surface area contributed by atoms with E-state index >= 15 is 0 Å². The second-order valence-corrected chi connectivity index (χ2v) is 10.4. The third-order valence-electron chi connectivity index (χ3n) is 7.27. The van der Waals surface area contributed by atoms with Gasteiger partial charge in [0.25, 0.3) is 0 Å². The lowest BCUT2D eigenvalue weighted by atomic mass is 10.1. The molecule has 41 heavy (non-hydrogen) atoms. The molecule has 4 aromatic rings. The molecule has 3 aromatic heterocycles. The summed E-state index contributed by atoms with van der Waals surface area (Å²) in [6, 6.07) is 12.5. The third kappa shape index (κ3) is 5.33. The highest BCUT2D eigenvalue weighted by molar-refractivity contribution is 6.34. The van der Waals surface area contributed by atoms with Gasteiger partial charge >= 0.3 is 6.03 Å². The fraction of sp³-hybridized carbons (Fsp3) is 0.276. The van der Waals surface area contributed by atoms with E-state index in [1.807, 2.05) is 31.2 Å². The van der Waals surface area contributed by atoms with Gasteiger partial charge in [-0.15, -0.1) is 0 Å². The fourth-order valence-corrected chi connectivity index (χ4v) is 5.39. The fourth-order valence-electron chi connectivity index (χ4n) is 5.07. The van der Waals surface area contributed by atoms with Gasteiger partial charge in [0, 0.05) is 24.8 Å². The number of urea groups is 1. The number of nitrogens with one attached hydrogen (secondary N) is 1. The molecule has 6 rings (SSSR count). The van der Waals surface area contributed by atoms with Gasteiger partial charge < -0.3 is 20.1 Å². The van der Waals surface area contributed by atoms with Crippen molar-refractivity contribution >= 4 is 52.4 Å². The largest absolute Gasteiger partial charge is 0.495 e. The van der Waals surface area contributed by atoms with Crippen molar-refractivity contribution in [3.8, 4) is 5.75 Å². The number of para-hydroxylation sites is 1. The number of aliphatic hydroxyl groups is 1. The van der Waals surface area contributed by atoms with Crippen LogP contribution in [0.15, 0.2) is 61.1 Å². The van der Waals surface area contributed by atoms with E-state index in [1.54, 1.807) is 48.8 Å². The number of hydrogen-bond acceptors (Lipinski definition) is 9. The first kappa shape index (κ1) is 26.7. The first-order valence-electron chi connectivity index (χ1n) is 13.3. The molecule has 12 heteroatoms. The number of methoxy groups -OCH3 is 1. The number of nitrogens with zero attached hydrogens (tertiary/aromatic N) is 7. The van der Waals surface area contributed by atoms with E-state index in [2.05, 4.69) is 25.2 Å². The smallest absolute Gasteiger partial charge is 0.336 e. The van der Waals surface area contributed by atoms with E-state index < -0.39 is 0 Å². The number of aromatic nitrogens is 4. The first-order valence-corrected chi connectivity index (χ1v) is 13.7. The molecule has 0 bridgehead atoms. The van der Waals surface area contributed by atoms with E-state index in [4.69, 9.17) is 21.3 Å². The van der Waals surface area contributed by atoms with Gasteiger partial charge in [-0.1, -0.05) is 23.7 Å². The summed E-state index contributed by atoms with van der Waals surface area (Å²) in [5, 5.41) is 13.4. The number of carbonyl (C=O) groups excluding carboxylic acids is 1. The van der Waals surface area contributed by atoms with Gasteiger partial charge in [-0.3, -0.25) is 4.90 Å². The standard InChI is InChI=1S/C29H29ClN8O3/c1-18-4-3-5-23(30)26(18)37-17-19-14-33-28(34-24-8-6-20(15-31-24)36-12-10-21(39)11-13-36)35-27(19)38(29(37)40)25-9-7-22(41-2)16-32-25/h3-9,14-16,21,39H,10-13,17H2,1-2H3,(H,31,33,34,35).